The number of benzene rings is 1. The average molecular weight is 483 g/mol. The normalized spacial score (nSPS) is 16.9. The third-order valence-corrected chi connectivity index (χ3v) is 4.88. The Morgan fingerprint density at radius 2 is 2.04 bits per heavy atom. The largest absolute Gasteiger partial charge is 0.376 e. The molecule has 1 aromatic heterocycles. The highest BCUT2D eigenvalue weighted by molar-refractivity contribution is 14.0. The number of halogens is 1. The molecule has 0 bridgehead atoms. The van der Waals surface area contributed by atoms with Crippen LogP contribution < -0.4 is 10.6 Å². The molecule has 6 nitrogen and oxygen atoms in total. The first-order chi connectivity index (χ1) is 12.7. The van der Waals surface area contributed by atoms with Gasteiger partial charge in [-0.3, -0.25) is 9.67 Å². The summed E-state index contributed by atoms with van der Waals surface area (Å²) in [7, 11) is 1.80. The fraction of sp³-hybridized carbons (Fsp3) is 0.500. The highest BCUT2D eigenvalue weighted by Crippen LogP contribution is 2.15. The van der Waals surface area contributed by atoms with Crippen molar-refractivity contribution in [3.63, 3.8) is 0 Å². The zero-order valence-electron chi connectivity index (χ0n) is 16.4. The Hall–Kier alpha value is -1.61. The van der Waals surface area contributed by atoms with Gasteiger partial charge in [0, 0.05) is 38.0 Å². The average Bonchev–Trinajstić information content (AvgIpc) is 3.26. The molecule has 0 saturated carbocycles. The SMILES string of the molecule is CN=C(NCc1c(C)nn(Cc2ccccc2)c1C)NCC1CCCO1.I. The van der Waals surface area contributed by atoms with Gasteiger partial charge < -0.3 is 15.4 Å². The van der Waals surface area contributed by atoms with Gasteiger partial charge >= 0.3 is 0 Å². The van der Waals surface area contributed by atoms with Gasteiger partial charge in [0.2, 0.25) is 0 Å². The van der Waals surface area contributed by atoms with Crippen LogP contribution in [0.5, 0.6) is 0 Å². The van der Waals surface area contributed by atoms with E-state index >= 15 is 0 Å². The molecule has 0 spiro atoms. The molecule has 7 heteroatoms. The van der Waals surface area contributed by atoms with Crippen LogP contribution in [-0.2, 0) is 17.8 Å². The van der Waals surface area contributed by atoms with Crippen LogP contribution in [0.2, 0.25) is 0 Å². The maximum atomic E-state index is 5.65. The summed E-state index contributed by atoms with van der Waals surface area (Å²) < 4.78 is 7.72. The van der Waals surface area contributed by atoms with Gasteiger partial charge in [-0.25, -0.2) is 0 Å². The molecular weight excluding hydrogens is 453 g/mol. The number of guanidine groups is 1. The van der Waals surface area contributed by atoms with Crippen LogP contribution >= 0.6 is 24.0 Å². The molecule has 1 atom stereocenters. The first kappa shape index (κ1) is 21.7. The number of nitrogens with one attached hydrogen (secondary N) is 2. The molecule has 148 valence electrons. The highest BCUT2D eigenvalue weighted by Gasteiger charge is 2.16. The maximum absolute atomic E-state index is 5.65. The van der Waals surface area contributed by atoms with Gasteiger partial charge in [-0.2, -0.15) is 5.10 Å². The summed E-state index contributed by atoms with van der Waals surface area (Å²) in [5.74, 6) is 0.801. The summed E-state index contributed by atoms with van der Waals surface area (Å²) in [5.41, 5.74) is 4.72. The fourth-order valence-corrected chi connectivity index (χ4v) is 3.31. The van der Waals surface area contributed by atoms with Gasteiger partial charge in [-0.15, -0.1) is 24.0 Å². The molecular formula is C20H30IN5O. The second-order valence-electron chi connectivity index (χ2n) is 6.73. The van der Waals surface area contributed by atoms with Crippen molar-refractivity contribution in [2.45, 2.75) is 45.9 Å². The molecule has 2 heterocycles. The number of nitrogens with zero attached hydrogens (tertiary/aromatic N) is 3. The molecule has 0 amide bonds. The fourth-order valence-electron chi connectivity index (χ4n) is 3.31. The Balaban J connectivity index is 0.00000261. The molecule has 1 saturated heterocycles. The van der Waals surface area contributed by atoms with E-state index < -0.39 is 0 Å². The Morgan fingerprint density at radius 3 is 2.70 bits per heavy atom. The van der Waals surface area contributed by atoms with Crippen LogP contribution in [0, 0.1) is 13.8 Å². The molecule has 1 unspecified atom stereocenters. The number of aromatic nitrogens is 2. The first-order valence-electron chi connectivity index (χ1n) is 9.30. The third-order valence-electron chi connectivity index (χ3n) is 4.88. The van der Waals surface area contributed by atoms with Gasteiger partial charge in [0.1, 0.15) is 0 Å². The van der Waals surface area contributed by atoms with E-state index in [1.807, 2.05) is 6.07 Å². The topological polar surface area (TPSA) is 63.5 Å². The molecule has 1 aromatic carbocycles. The third kappa shape index (κ3) is 5.93. The summed E-state index contributed by atoms with van der Waals surface area (Å²) in [5, 5.41) is 11.5. The minimum atomic E-state index is 0. The molecule has 0 aliphatic carbocycles. The van der Waals surface area contributed by atoms with E-state index in [4.69, 9.17) is 9.84 Å². The van der Waals surface area contributed by atoms with E-state index in [1.54, 1.807) is 7.05 Å². The summed E-state index contributed by atoms with van der Waals surface area (Å²) >= 11 is 0. The van der Waals surface area contributed by atoms with Crippen molar-refractivity contribution in [2.75, 3.05) is 20.2 Å². The Bertz CT molecular complexity index is 738. The van der Waals surface area contributed by atoms with Gasteiger partial charge in [-0.1, -0.05) is 30.3 Å². The number of hydrogen-bond donors (Lipinski definition) is 2. The second kappa shape index (κ2) is 10.7. The lowest BCUT2D eigenvalue weighted by Gasteiger charge is -2.15. The van der Waals surface area contributed by atoms with Gasteiger partial charge in [-0.05, 0) is 32.3 Å². The lowest BCUT2D eigenvalue weighted by Crippen LogP contribution is -2.40. The quantitative estimate of drug-likeness (QED) is 0.377. The second-order valence-corrected chi connectivity index (χ2v) is 6.73. The van der Waals surface area contributed by atoms with Crippen molar-refractivity contribution in [2.24, 2.45) is 4.99 Å². The zero-order chi connectivity index (χ0) is 18.4. The van der Waals surface area contributed by atoms with Crippen molar-refractivity contribution < 1.29 is 4.74 Å². The smallest absolute Gasteiger partial charge is 0.191 e. The standard InChI is InChI=1S/C20H29N5O.HI/c1-15-19(13-23-20(21-3)22-12-18-10-7-11-26-18)16(2)25(24-15)14-17-8-5-4-6-9-17;/h4-6,8-9,18H,7,10-14H2,1-3H3,(H2,21,22,23);1H. The monoisotopic (exact) mass is 483 g/mol. The molecule has 2 N–H and O–H groups in total. The van der Waals surface area contributed by atoms with Crippen LogP contribution in [0.4, 0.5) is 0 Å². The lowest BCUT2D eigenvalue weighted by atomic mass is 10.2. The molecule has 2 aromatic rings. The Morgan fingerprint density at radius 1 is 1.26 bits per heavy atom. The van der Waals surface area contributed by atoms with Crippen LogP contribution in [0.15, 0.2) is 35.3 Å². The van der Waals surface area contributed by atoms with Crippen molar-refractivity contribution in [1.82, 2.24) is 20.4 Å². The molecule has 1 aliphatic rings. The lowest BCUT2D eigenvalue weighted by molar-refractivity contribution is 0.114. The zero-order valence-corrected chi connectivity index (χ0v) is 18.7. The summed E-state index contributed by atoms with van der Waals surface area (Å²) in [4.78, 5) is 4.31. The van der Waals surface area contributed by atoms with Crippen LogP contribution in [0.3, 0.4) is 0 Å². The van der Waals surface area contributed by atoms with Crippen LogP contribution in [0.25, 0.3) is 0 Å². The predicted octanol–water partition coefficient (Wildman–Crippen LogP) is 3.01. The van der Waals surface area contributed by atoms with E-state index in [0.717, 1.165) is 44.2 Å². The highest BCUT2D eigenvalue weighted by atomic mass is 127. The minimum Gasteiger partial charge on any atom is -0.376 e. The molecule has 0 radical (unpaired) electrons. The van der Waals surface area contributed by atoms with Gasteiger partial charge in [0.05, 0.1) is 18.3 Å². The van der Waals surface area contributed by atoms with E-state index in [1.165, 1.54) is 16.8 Å². The van der Waals surface area contributed by atoms with Crippen LogP contribution in [0.1, 0.15) is 35.4 Å². The summed E-state index contributed by atoms with van der Waals surface area (Å²) in [6, 6.07) is 10.4. The van der Waals surface area contributed by atoms with Crippen molar-refractivity contribution >= 4 is 29.9 Å². The number of rotatable bonds is 6. The molecule has 3 rings (SSSR count). The maximum Gasteiger partial charge on any atom is 0.191 e. The number of hydrogen-bond acceptors (Lipinski definition) is 3. The van der Waals surface area contributed by atoms with E-state index in [0.29, 0.717) is 12.6 Å². The van der Waals surface area contributed by atoms with Gasteiger partial charge in [0.15, 0.2) is 5.96 Å². The van der Waals surface area contributed by atoms with E-state index in [-0.39, 0.29) is 24.0 Å². The van der Waals surface area contributed by atoms with Crippen LogP contribution in [-0.4, -0.2) is 42.0 Å². The number of aliphatic imine (C=N–C) groups is 1. The number of ether oxygens (including phenoxy) is 1. The molecule has 27 heavy (non-hydrogen) atoms. The predicted molar refractivity (Wildman–Crippen MR) is 120 cm³/mol. The minimum absolute atomic E-state index is 0. The summed E-state index contributed by atoms with van der Waals surface area (Å²) in [6.45, 7) is 7.36. The Kier molecular flexibility index (Phi) is 8.56. The number of aryl methyl sites for hydroxylation is 1. The van der Waals surface area contributed by atoms with Crippen molar-refractivity contribution in [1.29, 1.82) is 0 Å². The summed E-state index contributed by atoms with van der Waals surface area (Å²) in [6.07, 6.45) is 2.57. The van der Waals surface area contributed by atoms with E-state index in [2.05, 4.69) is 58.4 Å². The molecule has 1 fully saturated rings. The van der Waals surface area contributed by atoms with Crippen molar-refractivity contribution in [3.8, 4) is 0 Å². The molecule has 1 aliphatic heterocycles. The van der Waals surface area contributed by atoms with Crippen molar-refractivity contribution in [3.05, 3.63) is 52.8 Å². The van der Waals surface area contributed by atoms with E-state index in [9.17, 15) is 0 Å². The Labute approximate surface area is 178 Å². The first-order valence-corrected chi connectivity index (χ1v) is 9.30. The van der Waals surface area contributed by atoms with Gasteiger partial charge in [0.25, 0.3) is 0 Å².